The van der Waals surface area contributed by atoms with Crippen LogP contribution < -0.4 is 10.2 Å². The molecule has 0 aliphatic carbocycles. The van der Waals surface area contributed by atoms with E-state index >= 15 is 0 Å². The largest absolute Gasteiger partial charge is 0.341 e. The van der Waals surface area contributed by atoms with Crippen molar-refractivity contribution in [3.8, 4) is 0 Å². The number of rotatable bonds is 6. The summed E-state index contributed by atoms with van der Waals surface area (Å²) in [7, 11) is 0. The van der Waals surface area contributed by atoms with Gasteiger partial charge in [-0.3, -0.25) is 4.98 Å². The number of nitrogens with one attached hydrogen (secondary N) is 1. The molecular weight excluding hydrogens is 258 g/mol. The van der Waals surface area contributed by atoms with Crippen LogP contribution >= 0.6 is 0 Å². The Morgan fingerprint density at radius 1 is 1.05 bits per heavy atom. The van der Waals surface area contributed by atoms with Crippen molar-refractivity contribution in [2.75, 3.05) is 18.0 Å². The summed E-state index contributed by atoms with van der Waals surface area (Å²) in [6, 6.07) is 13.2. The molecule has 21 heavy (non-hydrogen) atoms. The summed E-state index contributed by atoms with van der Waals surface area (Å²) in [6.45, 7) is 10.4. The molecule has 0 spiro atoms. The fourth-order valence-corrected chi connectivity index (χ4v) is 2.46. The fraction of sp³-hybridized carbons (Fsp3) is 0.389. The van der Waals surface area contributed by atoms with Gasteiger partial charge >= 0.3 is 0 Å². The summed E-state index contributed by atoms with van der Waals surface area (Å²) in [5, 5.41) is 3.39. The van der Waals surface area contributed by atoms with Crippen molar-refractivity contribution < 1.29 is 0 Å². The van der Waals surface area contributed by atoms with Gasteiger partial charge in [-0.1, -0.05) is 24.6 Å². The number of benzene rings is 1. The molecule has 1 heterocycles. The van der Waals surface area contributed by atoms with Crippen molar-refractivity contribution >= 4 is 11.4 Å². The van der Waals surface area contributed by atoms with E-state index in [1.807, 2.05) is 6.20 Å². The average Bonchev–Trinajstić information content (AvgIpc) is 2.51. The lowest BCUT2D eigenvalue weighted by Crippen LogP contribution is -2.20. The van der Waals surface area contributed by atoms with Gasteiger partial charge in [0, 0.05) is 18.3 Å². The minimum absolute atomic E-state index is 0.290. The predicted molar refractivity (Wildman–Crippen MR) is 90.2 cm³/mol. The third kappa shape index (κ3) is 3.82. The number of anilines is 2. The molecule has 0 bridgehead atoms. The van der Waals surface area contributed by atoms with E-state index in [1.165, 1.54) is 11.3 Å². The molecule has 112 valence electrons. The van der Waals surface area contributed by atoms with Crippen LogP contribution in [-0.2, 0) is 0 Å². The van der Waals surface area contributed by atoms with Crippen LogP contribution in [0.2, 0.25) is 0 Å². The van der Waals surface area contributed by atoms with Gasteiger partial charge < -0.3 is 10.2 Å². The molecule has 1 aromatic heterocycles. The summed E-state index contributed by atoms with van der Waals surface area (Å²) in [5.74, 6) is 0. The quantitative estimate of drug-likeness (QED) is 0.860. The van der Waals surface area contributed by atoms with Gasteiger partial charge in [-0.2, -0.15) is 0 Å². The summed E-state index contributed by atoms with van der Waals surface area (Å²) in [4.78, 5) is 6.88. The summed E-state index contributed by atoms with van der Waals surface area (Å²) in [5.41, 5.74) is 4.70. The first-order chi connectivity index (χ1) is 10.2. The van der Waals surface area contributed by atoms with Crippen LogP contribution in [0.5, 0.6) is 0 Å². The van der Waals surface area contributed by atoms with Crippen molar-refractivity contribution in [2.45, 2.75) is 33.7 Å². The highest BCUT2D eigenvalue weighted by Crippen LogP contribution is 2.25. The fourth-order valence-electron chi connectivity index (χ4n) is 2.46. The van der Waals surface area contributed by atoms with Gasteiger partial charge in [-0.05, 0) is 51.6 Å². The molecule has 0 aliphatic rings. The van der Waals surface area contributed by atoms with Crippen LogP contribution in [0.25, 0.3) is 0 Å². The Hall–Kier alpha value is -1.87. The maximum atomic E-state index is 4.60. The SMILES string of the molecule is CCNC(C)c1ccc(N(CC)c2ccc(C)cc2)cn1. The van der Waals surface area contributed by atoms with Crippen molar-refractivity contribution in [1.82, 2.24) is 10.3 Å². The zero-order chi connectivity index (χ0) is 15.2. The summed E-state index contributed by atoms with van der Waals surface area (Å²) >= 11 is 0. The van der Waals surface area contributed by atoms with Gasteiger partial charge in [-0.25, -0.2) is 0 Å². The lowest BCUT2D eigenvalue weighted by atomic mass is 10.2. The number of nitrogens with zero attached hydrogens (tertiary/aromatic N) is 2. The van der Waals surface area contributed by atoms with Crippen LogP contribution in [0.15, 0.2) is 42.6 Å². The van der Waals surface area contributed by atoms with Crippen LogP contribution in [0.3, 0.4) is 0 Å². The van der Waals surface area contributed by atoms with Crippen molar-refractivity contribution in [2.24, 2.45) is 0 Å². The number of pyridine rings is 1. The standard InChI is InChI=1S/C18H25N3/c1-5-19-15(4)18-12-11-17(13-20-18)21(6-2)16-9-7-14(3)8-10-16/h7-13,15,19H,5-6H2,1-4H3. The Balaban J connectivity index is 2.21. The molecule has 1 aromatic carbocycles. The van der Waals surface area contributed by atoms with E-state index in [9.17, 15) is 0 Å². The normalized spacial score (nSPS) is 12.2. The smallest absolute Gasteiger partial charge is 0.0597 e. The van der Waals surface area contributed by atoms with Crippen molar-refractivity contribution in [3.05, 3.63) is 53.9 Å². The molecule has 0 amide bonds. The van der Waals surface area contributed by atoms with Gasteiger partial charge in [0.05, 0.1) is 17.6 Å². The first-order valence-corrected chi connectivity index (χ1v) is 7.69. The molecule has 0 saturated heterocycles. The Bertz CT molecular complexity index is 546. The lowest BCUT2D eigenvalue weighted by Gasteiger charge is -2.23. The maximum Gasteiger partial charge on any atom is 0.0597 e. The first kappa shape index (κ1) is 15.5. The third-order valence-corrected chi connectivity index (χ3v) is 3.70. The molecule has 2 rings (SSSR count). The molecule has 0 radical (unpaired) electrons. The molecule has 2 aromatic rings. The molecular formula is C18H25N3. The zero-order valence-corrected chi connectivity index (χ0v) is 13.4. The molecule has 1 unspecified atom stereocenters. The highest BCUT2D eigenvalue weighted by atomic mass is 15.1. The van der Waals surface area contributed by atoms with E-state index in [-0.39, 0.29) is 0 Å². The van der Waals surface area contributed by atoms with E-state index in [1.54, 1.807) is 0 Å². The van der Waals surface area contributed by atoms with E-state index in [0.717, 1.165) is 24.5 Å². The van der Waals surface area contributed by atoms with E-state index in [2.05, 4.69) is 79.3 Å². The minimum Gasteiger partial charge on any atom is -0.341 e. The second kappa shape index (κ2) is 7.23. The van der Waals surface area contributed by atoms with Crippen LogP contribution in [0.4, 0.5) is 11.4 Å². The van der Waals surface area contributed by atoms with Gasteiger partial charge in [0.15, 0.2) is 0 Å². The summed E-state index contributed by atoms with van der Waals surface area (Å²) < 4.78 is 0. The Kier molecular flexibility index (Phi) is 5.34. The molecule has 3 heteroatoms. The lowest BCUT2D eigenvalue weighted by molar-refractivity contribution is 0.583. The predicted octanol–water partition coefficient (Wildman–Crippen LogP) is 4.22. The van der Waals surface area contributed by atoms with Crippen molar-refractivity contribution in [3.63, 3.8) is 0 Å². The zero-order valence-electron chi connectivity index (χ0n) is 13.4. The Labute approximate surface area is 128 Å². The second-order valence-corrected chi connectivity index (χ2v) is 5.30. The van der Waals surface area contributed by atoms with Crippen molar-refractivity contribution in [1.29, 1.82) is 0 Å². The number of hydrogen-bond donors (Lipinski definition) is 1. The van der Waals surface area contributed by atoms with E-state index < -0.39 is 0 Å². The molecule has 0 aliphatic heterocycles. The second-order valence-electron chi connectivity index (χ2n) is 5.30. The molecule has 1 atom stereocenters. The van der Waals surface area contributed by atoms with Crippen LogP contribution in [0.1, 0.15) is 38.1 Å². The molecule has 0 fully saturated rings. The molecule has 3 nitrogen and oxygen atoms in total. The highest BCUT2D eigenvalue weighted by molar-refractivity contribution is 5.62. The first-order valence-electron chi connectivity index (χ1n) is 7.69. The number of aryl methyl sites for hydroxylation is 1. The van der Waals surface area contributed by atoms with Gasteiger partial charge in [0.1, 0.15) is 0 Å². The van der Waals surface area contributed by atoms with Gasteiger partial charge in [0.25, 0.3) is 0 Å². The topological polar surface area (TPSA) is 28.2 Å². The Morgan fingerprint density at radius 2 is 1.71 bits per heavy atom. The van der Waals surface area contributed by atoms with E-state index in [0.29, 0.717) is 6.04 Å². The third-order valence-electron chi connectivity index (χ3n) is 3.70. The number of aromatic nitrogens is 1. The molecule has 0 saturated carbocycles. The summed E-state index contributed by atoms with van der Waals surface area (Å²) in [6.07, 6.45) is 1.96. The maximum absolute atomic E-state index is 4.60. The minimum atomic E-state index is 0.290. The number of hydrogen-bond acceptors (Lipinski definition) is 3. The Morgan fingerprint density at radius 3 is 2.24 bits per heavy atom. The van der Waals surface area contributed by atoms with Crippen LogP contribution in [0, 0.1) is 6.92 Å². The van der Waals surface area contributed by atoms with Gasteiger partial charge in [-0.15, -0.1) is 0 Å². The van der Waals surface area contributed by atoms with Crippen LogP contribution in [-0.4, -0.2) is 18.1 Å². The monoisotopic (exact) mass is 283 g/mol. The highest BCUT2D eigenvalue weighted by Gasteiger charge is 2.09. The van der Waals surface area contributed by atoms with Gasteiger partial charge in [0.2, 0.25) is 0 Å². The van der Waals surface area contributed by atoms with E-state index in [4.69, 9.17) is 0 Å². The average molecular weight is 283 g/mol. The molecule has 1 N–H and O–H groups in total.